The maximum Gasteiger partial charge on any atom is 0.129 e. The number of benzene rings is 1. The van der Waals surface area contributed by atoms with Crippen molar-refractivity contribution in [1.82, 2.24) is 4.98 Å². The van der Waals surface area contributed by atoms with Gasteiger partial charge in [-0.05, 0) is 31.5 Å². The second-order valence-electron chi connectivity index (χ2n) is 3.97. The summed E-state index contributed by atoms with van der Waals surface area (Å²) in [6, 6.07) is 10.3. The van der Waals surface area contributed by atoms with Gasteiger partial charge < -0.3 is 10.1 Å². The number of pyridine rings is 1. The van der Waals surface area contributed by atoms with Gasteiger partial charge in [0.15, 0.2) is 0 Å². The Morgan fingerprint density at radius 3 is 2.94 bits per heavy atom. The van der Waals surface area contributed by atoms with Crippen LogP contribution in [0.5, 0.6) is 0 Å². The number of nitrogens with one attached hydrogen (secondary N) is 1. The molecular weight excluding hydrogens is 212 g/mol. The standard InChI is InChI=1S/C14H18N2O/c1-3-17-9-8-15-14-11(2)10-12-6-4-5-7-13(12)16-14/h4-7,10H,3,8-9H2,1-2H3,(H,15,16). The van der Waals surface area contributed by atoms with Gasteiger partial charge in [-0.15, -0.1) is 0 Å². The first kappa shape index (κ1) is 11.9. The summed E-state index contributed by atoms with van der Waals surface area (Å²) in [4.78, 5) is 4.61. The van der Waals surface area contributed by atoms with Gasteiger partial charge in [-0.25, -0.2) is 4.98 Å². The van der Waals surface area contributed by atoms with Gasteiger partial charge >= 0.3 is 0 Å². The smallest absolute Gasteiger partial charge is 0.129 e. The number of hydrogen-bond acceptors (Lipinski definition) is 3. The van der Waals surface area contributed by atoms with Gasteiger partial charge in [0.25, 0.3) is 0 Å². The minimum absolute atomic E-state index is 0.713. The maximum absolute atomic E-state index is 5.29. The fraction of sp³-hybridized carbons (Fsp3) is 0.357. The van der Waals surface area contributed by atoms with E-state index < -0.39 is 0 Å². The molecule has 0 aliphatic heterocycles. The largest absolute Gasteiger partial charge is 0.380 e. The zero-order chi connectivity index (χ0) is 12.1. The van der Waals surface area contributed by atoms with E-state index in [1.807, 2.05) is 25.1 Å². The van der Waals surface area contributed by atoms with Crippen molar-refractivity contribution in [2.75, 3.05) is 25.1 Å². The zero-order valence-electron chi connectivity index (χ0n) is 10.4. The minimum atomic E-state index is 0.713. The van der Waals surface area contributed by atoms with Crippen LogP contribution in [0.25, 0.3) is 10.9 Å². The van der Waals surface area contributed by atoms with Gasteiger partial charge in [0, 0.05) is 18.5 Å². The topological polar surface area (TPSA) is 34.1 Å². The number of anilines is 1. The van der Waals surface area contributed by atoms with E-state index >= 15 is 0 Å². The Hall–Kier alpha value is -1.61. The summed E-state index contributed by atoms with van der Waals surface area (Å²) in [7, 11) is 0. The molecule has 1 heterocycles. The Bertz CT molecular complexity index is 497. The van der Waals surface area contributed by atoms with Gasteiger partial charge in [0.05, 0.1) is 12.1 Å². The van der Waals surface area contributed by atoms with Crippen molar-refractivity contribution >= 4 is 16.7 Å². The van der Waals surface area contributed by atoms with Crippen LogP contribution in [-0.2, 0) is 4.74 Å². The fourth-order valence-electron chi connectivity index (χ4n) is 1.79. The molecule has 90 valence electrons. The average molecular weight is 230 g/mol. The highest BCUT2D eigenvalue weighted by atomic mass is 16.5. The third-order valence-electron chi connectivity index (χ3n) is 2.66. The van der Waals surface area contributed by atoms with Gasteiger partial charge in [0.2, 0.25) is 0 Å². The van der Waals surface area contributed by atoms with Crippen molar-refractivity contribution in [2.24, 2.45) is 0 Å². The fourth-order valence-corrected chi connectivity index (χ4v) is 1.79. The van der Waals surface area contributed by atoms with Crippen molar-refractivity contribution < 1.29 is 4.74 Å². The lowest BCUT2D eigenvalue weighted by molar-refractivity contribution is 0.158. The molecule has 0 atom stereocenters. The van der Waals surface area contributed by atoms with Gasteiger partial charge in [0.1, 0.15) is 5.82 Å². The minimum Gasteiger partial charge on any atom is -0.380 e. The molecule has 0 aliphatic carbocycles. The average Bonchev–Trinajstić information content (AvgIpc) is 2.35. The highest BCUT2D eigenvalue weighted by molar-refractivity contribution is 5.81. The van der Waals surface area contributed by atoms with E-state index in [0.717, 1.165) is 24.5 Å². The summed E-state index contributed by atoms with van der Waals surface area (Å²) in [5.41, 5.74) is 2.19. The molecular formula is C14H18N2O. The molecule has 0 fully saturated rings. The SMILES string of the molecule is CCOCCNc1nc2ccccc2cc1C. The van der Waals surface area contributed by atoms with Crippen LogP contribution in [0, 0.1) is 6.92 Å². The van der Waals surface area contributed by atoms with E-state index in [2.05, 4.69) is 29.4 Å². The summed E-state index contributed by atoms with van der Waals surface area (Å²) in [6.45, 7) is 6.33. The molecule has 1 aromatic carbocycles. The molecule has 0 spiro atoms. The summed E-state index contributed by atoms with van der Waals surface area (Å²) in [5.74, 6) is 0.948. The van der Waals surface area contributed by atoms with Crippen LogP contribution in [0.15, 0.2) is 30.3 Å². The number of hydrogen-bond donors (Lipinski definition) is 1. The highest BCUT2D eigenvalue weighted by Gasteiger charge is 2.02. The first-order valence-electron chi connectivity index (χ1n) is 5.99. The molecule has 0 bridgehead atoms. The van der Waals surface area contributed by atoms with Gasteiger partial charge in [-0.3, -0.25) is 0 Å². The Kier molecular flexibility index (Phi) is 3.94. The molecule has 17 heavy (non-hydrogen) atoms. The lowest BCUT2D eigenvalue weighted by atomic mass is 10.1. The molecule has 0 saturated carbocycles. The predicted molar refractivity (Wildman–Crippen MR) is 71.5 cm³/mol. The Morgan fingerprint density at radius 1 is 1.29 bits per heavy atom. The number of rotatable bonds is 5. The normalized spacial score (nSPS) is 10.7. The van der Waals surface area contributed by atoms with Crippen LogP contribution in [-0.4, -0.2) is 24.7 Å². The van der Waals surface area contributed by atoms with Crippen LogP contribution < -0.4 is 5.32 Å². The Morgan fingerprint density at radius 2 is 2.12 bits per heavy atom. The number of ether oxygens (including phenoxy) is 1. The van der Waals surface area contributed by atoms with Crippen LogP contribution in [0.2, 0.25) is 0 Å². The van der Waals surface area contributed by atoms with Crippen molar-refractivity contribution in [1.29, 1.82) is 0 Å². The van der Waals surface area contributed by atoms with Crippen molar-refractivity contribution in [3.8, 4) is 0 Å². The molecule has 0 saturated heterocycles. The Balaban J connectivity index is 2.14. The lowest BCUT2D eigenvalue weighted by Crippen LogP contribution is -2.11. The highest BCUT2D eigenvalue weighted by Crippen LogP contribution is 2.19. The quantitative estimate of drug-likeness (QED) is 0.802. The predicted octanol–water partition coefficient (Wildman–Crippen LogP) is 2.99. The molecule has 0 amide bonds. The number of para-hydroxylation sites is 1. The molecule has 2 rings (SSSR count). The molecule has 3 heteroatoms. The summed E-state index contributed by atoms with van der Waals surface area (Å²) >= 11 is 0. The monoisotopic (exact) mass is 230 g/mol. The summed E-state index contributed by atoms with van der Waals surface area (Å²) in [6.07, 6.45) is 0. The van der Waals surface area contributed by atoms with Crippen LogP contribution in [0.3, 0.4) is 0 Å². The van der Waals surface area contributed by atoms with Gasteiger partial charge in [-0.2, -0.15) is 0 Å². The molecule has 1 N–H and O–H groups in total. The third kappa shape index (κ3) is 2.94. The van der Waals surface area contributed by atoms with E-state index in [1.54, 1.807) is 0 Å². The van der Waals surface area contributed by atoms with Crippen molar-refractivity contribution in [3.05, 3.63) is 35.9 Å². The molecule has 2 aromatic rings. The van der Waals surface area contributed by atoms with E-state index in [9.17, 15) is 0 Å². The molecule has 0 aliphatic rings. The number of aromatic nitrogens is 1. The number of nitrogens with zero attached hydrogens (tertiary/aromatic N) is 1. The second kappa shape index (κ2) is 5.64. The summed E-state index contributed by atoms with van der Waals surface area (Å²) < 4.78 is 5.29. The van der Waals surface area contributed by atoms with Gasteiger partial charge in [-0.1, -0.05) is 18.2 Å². The molecule has 3 nitrogen and oxygen atoms in total. The second-order valence-corrected chi connectivity index (χ2v) is 3.97. The van der Waals surface area contributed by atoms with Crippen LogP contribution in [0.1, 0.15) is 12.5 Å². The van der Waals surface area contributed by atoms with E-state index in [1.165, 1.54) is 10.9 Å². The first-order chi connectivity index (χ1) is 8.31. The summed E-state index contributed by atoms with van der Waals surface area (Å²) in [5, 5.41) is 4.48. The molecule has 1 aromatic heterocycles. The number of fused-ring (bicyclic) bond motifs is 1. The maximum atomic E-state index is 5.29. The molecule has 0 radical (unpaired) electrons. The Labute approximate surface area is 102 Å². The van der Waals surface area contributed by atoms with Crippen molar-refractivity contribution in [3.63, 3.8) is 0 Å². The third-order valence-corrected chi connectivity index (χ3v) is 2.66. The van der Waals surface area contributed by atoms with E-state index in [4.69, 9.17) is 4.74 Å². The first-order valence-corrected chi connectivity index (χ1v) is 5.99. The molecule has 0 unspecified atom stereocenters. The lowest BCUT2D eigenvalue weighted by Gasteiger charge is -2.09. The number of aryl methyl sites for hydroxylation is 1. The zero-order valence-corrected chi connectivity index (χ0v) is 10.4. The van der Waals surface area contributed by atoms with Crippen LogP contribution >= 0.6 is 0 Å². The van der Waals surface area contributed by atoms with Crippen LogP contribution in [0.4, 0.5) is 5.82 Å². The van der Waals surface area contributed by atoms with E-state index in [0.29, 0.717) is 6.61 Å². The van der Waals surface area contributed by atoms with E-state index in [-0.39, 0.29) is 0 Å². The van der Waals surface area contributed by atoms with Crippen molar-refractivity contribution in [2.45, 2.75) is 13.8 Å².